The second-order valence-electron chi connectivity index (χ2n) is 16.3. The summed E-state index contributed by atoms with van der Waals surface area (Å²) in [5, 5.41) is 14.9. The Morgan fingerprint density at radius 2 is 1.64 bits per heavy atom. The second-order valence-corrected chi connectivity index (χ2v) is 16.3. The molecule has 0 radical (unpaired) electrons. The van der Waals surface area contributed by atoms with Crippen molar-refractivity contribution < 1.29 is 33.4 Å². The quantitative estimate of drug-likeness (QED) is 0.208. The number of carbonyl (C=O) groups is 3. The summed E-state index contributed by atoms with van der Waals surface area (Å²) < 4.78 is 28.9. The van der Waals surface area contributed by atoms with E-state index in [0.717, 1.165) is 13.1 Å². The molecule has 306 valence electrons. The first-order chi connectivity index (χ1) is 27.0. The molecule has 1 saturated carbocycles. The van der Waals surface area contributed by atoms with Crippen molar-refractivity contribution in [3.05, 3.63) is 65.8 Å². The molecule has 0 unspecified atom stereocenters. The van der Waals surface area contributed by atoms with Gasteiger partial charge >= 0.3 is 12.1 Å². The molecule has 4 aliphatic rings. The lowest BCUT2D eigenvalue weighted by atomic mass is 9.91. The summed E-state index contributed by atoms with van der Waals surface area (Å²) in [7, 11) is 0. The van der Waals surface area contributed by atoms with Crippen LogP contribution in [0.25, 0.3) is 6.08 Å². The number of cyclic esters (lactones) is 1. The highest BCUT2D eigenvalue weighted by atomic mass is 19.1. The van der Waals surface area contributed by atoms with Crippen molar-refractivity contribution in [3.8, 4) is 0 Å². The predicted octanol–water partition coefficient (Wildman–Crippen LogP) is 5.90. The van der Waals surface area contributed by atoms with E-state index in [-0.39, 0.29) is 36.8 Å². The minimum atomic E-state index is -0.894. The number of piperazine rings is 2. The van der Waals surface area contributed by atoms with Crippen LogP contribution in [0.15, 0.2) is 54.4 Å². The van der Waals surface area contributed by atoms with Gasteiger partial charge in [-0.3, -0.25) is 19.2 Å². The maximum Gasteiger partial charge on any atom is 0.410 e. The van der Waals surface area contributed by atoms with Gasteiger partial charge in [-0.2, -0.15) is 5.10 Å². The third-order valence-corrected chi connectivity index (χ3v) is 12.0. The molecule has 56 heavy (non-hydrogen) atoms. The zero-order valence-corrected chi connectivity index (χ0v) is 33.4. The van der Waals surface area contributed by atoms with Crippen molar-refractivity contribution in [2.24, 2.45) is 11.8 Å². The van der Waals surface area contributed by atoms with Gasteiger partial charge in [-0.05, 0) is 80.0 Å². The minimum absolute atomic E-state index is 0.00792. The molecule has 0 spiro atoms. The van der Waals surface area contributed by atoms with Crippen LogP contribution in [-0.2, 0) is 25.6 Å². The molecule has 6 rings (SSSR count). The number of nitrogens with zero attached hydrogens (tertiary/aromatic N) is 6. The average Bonchev–Trinajstić information content (AvgIpc) is 3.55. The lowest BCUT2D eigenvalue weighted by molar-refractivity contribution is -0.151. The third-order valence-electron chi connectivity index (χ3n) is 12.0. The number of halogens is 1. The molecule has 1 N–H and O–H groups in total. The molecular weight excluding hydrogens is 716 g/mol. The maximum atomic E-state index is 15.1. The molecule has 1 aromatic heterocycles. The molecule has 2 saturated heterocycles. The zero-order valence-electron chi connectivity index (χ0n) is 33.4. The van der Waals surface area contributed by atoms with Crippen LogP contribution >= 0.6 is 0 Å². The number of amides is 2. The Morgan fingerprint density at radius 1 is 0.929 bits per heavy atom. The topological polar surface area (TPSA) is 121 Å². The Balaban J connectivity index is 1.11. The fraction of sp³-hybridized carbons (Fsp3) is 0.628. The Morgan fingerprint density at radius 3 is 2.34 bits per heavy atom. The smallest absolute Gasteiger partial charge is 0.410 e. The van der Waals surface area contributed by atoms with E-state index in [2.05, 4.69) is 14.9 Å². The molecule has 12 nitrogen and oxygen atoms in total. The standard InChI is InChI=1S/C43H61FN6O6/c1-31-11-13-38(51)29-41(53)56-42(32(2)12-14-39(31)55-43(54)49-23-19-46(20-24-49)36-9-6-4-5-7-10-36)33(3)25-34-26-35(44)28-37(27-34)47-17-21-48(22-18-47)40(52)30-50-16-8-15-45-50/h8,12,14-16,25-28,31-32,36,38-39,42,51H,4-7,9-11,13,17-24,29-30H2,1-3H3/b14-12+,33-25+/t31-,32-,38+,39-,42-/m0/s1. The van der Waals surface area contributed by atoms with Gasteiger partial charge in [0.1, 0.15) is 24.6 Å². The van der Waals surface area contributed by atoms with Crippen LogP contribution in [0.1, 0.15) is 84.1 Å². The lowest BCUT2D eigenvalue weighted by Gasteiger charge is -2.39. The fourth-order valence-electron chi connectivity index (χ4n) is 8.59. The van der Waals surface area contributed by atoms with Crippen molar-refractivity contribution in [1.82, 2.24) is 24.5 Å². The maximum absolute atomic E-state index is 15.1. The van der Waals surface area contributed by atoms with Crippen LogP contribution in [0, 0.1) is 17.7 Å². The summed E-state index contributed by atoms with van der Waals surface area (Å²) in [5.41, 5.74) is 2.04. The van der Waals surface area contributed by atoms with E-state index < -0.39 is 30.1 Å². The highest BCUT2D eigenvalue weighted by molar-refractivity contribution is 5.76. The van der Waals surface area contributed by atoms with Gasteiger partial charge in [0.25, 0.3) is 0 Å². The number of aliphatic hydroxyl groups excluding tert-OH is 1. The minimum Gasteiger partial charge on any atom is -0.457 e. The van der Waals surface area contributed by atoms with E-state index in [1.165, 1.54) is 50.7 Å². The number of esters is 1. The van der Waals surface area contributed by atoms with Gasteiger partial charge in [0, 0.05) is 82.4 Å². The van der Waals surface area contributed by atoms with Crippen LogP contribution in [0.5, 0.6) is 0 Å². The monoisotopic (exact) mass is 776 g/mol. The van der Waals surface area contributed by atoms with E-state index in [4.69, 9.17) is 9.47 Å². The molecule has 5 atom stereocenters. The Bertz CT molecular complexity index is 1660. The molecule has 1 aliphatic carbocycles. The Kier molecular flexibility index (Phi) is 14.6. The highest BCUT2D eigenvalue weighted by Gasteiger charge is 2.31. The highest BCUT2D eigenvalue weighted by Crippen LogP contribution is 2.28. The van der Waals surface area contributed by atoms with Crippen molar-refractivity contribution in [2.45, 2.75) is 109 Å². The summed E-state index contributed by atoms with van der Waals surface area (Å²) in [4.78, 5) is 47.7. The van der Waals surface area contributed by atoms with E-state index in [9.17, 15) is 19.5 Å². The molecule has 0 bridgehead atoms. The number of ether oxygens (including phenoxy) is 2. The summed E-state index contributed by atoms with van der Waals surface area (Å²) in [6.45, 7) is 11.1. The number of hydrogen-bond acceptors (Lipinski definition) is 9. The van der Waals surface area contributed by atoms with Gasteiger partial charge < -0.3 is 29.3 Å². The van der Waals surface area contributed by atoms with Crippen LogP contribution in [-0.4, -0.2) is 124 Å². The van der Waals surface area contributed by atoms with Crippen LogP contribution < -0.4 is 4.90 Å². The molecule has 2 amide bonds. The van der Waals surface area contributed by atoms with Gasteiger partial charge in [-0.15, -0.1) is 0 Å². The summed E-state index contributed by atoms with van der Waals surface area (Å²) >= 11 is 0. The van der Waals surface area contributed by atoms with E-state index in [0.29, 0.717) is 75.0 Å². The Hall–Kier alpha value is -4.23. The van der Waals surface area contributed by atoms with E-state index in [1.807, 2.05) is 50.0 Å². The Labute approximate surface area is 331 Å². The molecule has 1 aromatic carbocycles. The fourth-order valence-corrected chi connectivity index (χ4v) is 8.59. The first-order valence-corrected chi connectivity index (χ1v) is 20.8. The SMILES string of the molecule is C/C(=C\c1cc(F)cc(N2CCN(C(=O)Cn3cccn3)CC2)c1)[C@H]1OC(=O)C[C@H](O)CC[C@H](C)[C@@H](OC(=O)N2CCN(C3CCCCCC3)CC2)/C=C/[C@@H]1C. The normalized spacial score (nSPS) is 27.4. The first kappa shape index (κ1) is 41.4. The molecular formula is C43H61FN6O6. The molecule has 3 aliphatic heterocycles. The molecule has 2 aromatic rings. The van der Waals surface area contributed by atoms with Gasteiger partial charge in [-0.1, -0.05) is 51.7 Å². The van der Waals surface area contributed by atoms with Gasteiger partial charge in [0.2, 0.25) is 5.91 Å². The number of rotatable bonds is 7. The number of anilines is 1. The predicted molar refractivity (Wildman–Crippen MR) is 213 cm³/mol. The number of benzene rings is 1. The largest absolute Gasteiger partial charge is 0.457 e. The first-order valence-electron chi connectivity index (χ1n) is 20.8. The summed E-state index contributed by atoms with van der Waals surface area (Å²) in [6.07, 6.45) is 15.1. The van der Waals surface area contributed by atoms with Crippen LogP contribution in [0.2, 0.25) is 0 Å². The van der Waals surface area contributed by atoms with Crippen LogP contribution in [0.3, 0.4) is 0 Å². The summed E-state index contributed by atoms with van der Waals surface area (Å²) in [6, 6.07) is 7.25. The van der Waals surface area contributed by atoms with Crippen molar-refractivity contribution >= 4 is 29.7 Å². The molecule has 4 heterocycles. The molecule has 3 fully saturated rings. The molecule has 13 heteroatoms. The summed E-state index contributed by atoms with van der Waals surface area (Å²) in [5.74, 6) is -1.31. The van der Waals surface area contributed by atoms with Crippen molar-refractivity contribution in [2.75, 3.05) is 57.3 Å². The second kappa shape index (κ2) is 19.8. The van der Waals surface area contributed by atoms with Crippen molar-refractivity contribution in [1.29, 1.82) is 0 Å². The number of carbonyl (C=O) groups excluding carboxylic acids is 3. The average molecular weight is 777 g/mol. The van der Waals surface area contributed by atoms with Crippen LogP contribution in [0.4, 0.5) is 14.9 Å². The lowest BCUT2D eigenvalue weighted by Crippen LogP contribution is -2.52. The van der Waals surface area contributed by atoms with E-state index in [1.54, 1.807) is 28.0 Å². The van der Waals surface area contributed by atoms with Crippen molar-refractivity contribution in [3.63, 3.8) is 0 Å². The number of aromatic nitrogens is 2. The number of hydrogen-bond donors (Lipinski definition) is 1. The number of aliphatic hydroxyl groups is 1. The van der Waals surface area contributed by atoms with Gasteiger partial charge in [0.15, 0.2) is 0 Å². The third kappa shape index (κ3) is 11.4. The van der Waals surface area contributed by atoms with Gasteiger partial charge in [-0.25, -0.2) is 9.18 Å². The zero-order chi connectivity index (χ0) is 39.6. The van der Waals surface area contributed by atoms with Gasteiger partial charge in [0.05, 0.1) is 12.5 Å². The van der Waals surface area contributed by atoms with E-state index >= 15 is 4.39 Å².